The number of amides is 1. The van der Waals surface area contributed by atoms with Crippen LogP contribution in [0.15, 0.2) is 42.5 Å². The van der Waals surface area contributed by atoms with E-state index in [4.69, 9.17) is 11.6 Å². The molecule has 0 aromatic heterocycles. The van der Waals surface area contributed by atoms with Gasteiger partial charge in [-0.2, -0.15) is 0 Å². The molecule has 1 heterocycles. The van der Waals surface area contributed by atoms with Crippen molar-refractivity contribution >= 4 is 17.5 Å². The number of aryl methyl sites for hydroxylation is 1. The molecule has 1 atom stereocenters. The molecule has 0 aliphatic carbocycles. The number of piperidine rings is 1. The molecule has 0 radical (unpaired) electrons. The highest BCUT2D eigenvalue weighted by Crippen LogP contribution is 2.24. The largest absolute Gasteiger partial charge is 0.352 e. The van der Waals surface area contributed by atoms with E-state index in [1.165, 1.54) is 11.6 Å². The maximum atomic E-state index is 14.0. The van der Waals surface area contributed by atoms with Crippen LogP contribution in [0.3, 0.4) is 0 Å². The van der Waals surface area contributed by atoms with Crippen LogP contribution in [0.1, 0.15) is 29.5 Å². The predicted molar refractivity (Wildman–Crippen MR) is 102 cm³/mol. The first-order valence-corrected chi connectivity index (χ1v) is 9.39. The van der Waals surface area contributed by atoms with Gasteiger partial charge in [0, 0.05) is 30.2 Å². The Labute approximate surface area is 159 Å². The number of likely N-dealkylation sites (tertiary alicyclic amines) is 1. The molecule has 0 saturated carbocycles. The van der Waals surface area contributed by atoms with Gasteiger partial charge in [-0.05, 0) is 44.0 Å². The first-order chi connectivity index (χ1) is 12.5. The van der Waals surface area contributed by atoms with Gasteiger partial charge in [0.1, 0.15) is 5.82 Å². The molecule has 5 heteroatoms. The van der Waals surface area contributed by atoms with E-state index in [9.17, 15) is 9.18 Å². The summed E-state index contributed by atoms with van der Waals surface area (Å²) >= 11 is 6.13. The summed E-state index contributed by atoms with van der Waals surface area (Å²) < 4.78 is 14.0. The van der Waals surface area contributed by atoms with Gasteiger partial charge in [0.15, 0.2) is 0 Å². The van der Waals surface area contributed by atoms with Gasteiger partial charge < -0.3 is 5.32 Å². The van der Waals surface area contributed by atoms with E-state index in [1.54, 1.807) is 12.1 Å². The highest BCUT2D eigenvalue weighted by Gasteiger charge is 2.26. The monoisotopic (exact) mass is 374 g/mol. The molecule has 1 amide bonds. The van der Waals surface area contributed by atoms with Crippen LogP contribution in [0.25, 0.3) is 0 Å². The molecule has 1 N–H and O–H groups in total. The number of benzene rings is 2. The van der Waals surface area contributed by atoms with E-state index in [-0.39, 0.29) is 17.6 Å². The molecule has 1 aliphatic heterocycles. The zero-order valence-electron chi connectivity index (χ0n) is 15.0. The maximum absolute atomic E-state index is 14.0. The SMILES string of the molecule is Cc1ccc(CNC(=O)C2CCCN(Cc3c(F)cccc3Cl)C2)cc1. The Hall–Kier alpha value is -1.91. The molecule has 2 aromatic rings. The highest BCUT2D eigenvalue weighted by atomic mass is 35.5. The highest BCUT2D eigenvalue weighted by molar-refractivity contribution is 6.31. The maximum Gasteiger partial charge on any atom is 0.224 e. The molecule has 1 unspecified atom stereocenters. The summed E-state index contributed by atoms with van der Waals surface area (Å²) in [6.07, 6.45) is 1.79. The summed E-state index contributed by atoms with van der Waals surface area (Å²) in [6.45, 7) is 4.50. The fourth-order valence-electron chi connectivity index (χ4n) is 3.36. The average Bonchev–Trinajstić information content (AvgIpc) is 2.64. The van der Waals surface area contributed by atoms with Gasteiger partial charge in [0.25, 0.3) is 0 Å². The van der Waals surface area contributed by atoms with E-state index >= 15 is 0 Å². The van der Waals surface area contributed by atoms with Crippen LogP contribution in [0.2, 0.25) is 5.02 Å². The summed E-state index contributed by atoms with van der Waals surface area (Å²) in [5.74, 6) is -0.293. The van der Waals surface area contributed by atoms with Gasteiger partial charge in [0.05, 0.1) is 5.92 Å². The molecule has 3 rings (SSSR count). The lowest BCUT2D eigenvalue weighted by atomic mass is 9.96. The standard InChI is InChI=1S/C21H24ClFN2O/c1-15-7-9-16(10-8-15)12-24-21(26)17-4-3-11-25(13-17)14-18-19(22)5-2-6-20(18)23/h2,5-10,17H,3-4,11-14H2,1H3,(H,24,26). The molecule has 0 spiro atoms. The molecule has 0 bridgehead atoms. The van der Waals surface area contributed by atoms with Gasteiger partial charge in [-0.25, -0.2) is 4.39 Å². The van der Waals surface area contributed by atoms with Crippen LogP contribution >= 0.6 is 11.6 Å². The normalized spacial score (nSPS) is 17.9. The minimum atomic E-state index is -0.288. The minimum Gasteiger partial charge on any atom is -0.352 e. The fourth-order valence-corrected chi connectivity index (χ4v) is 3.58. The van der Waals surface area contributed by atoms with Crippen LogP contribution in [0.5, 0.6) is 0 Å². The number of rotatable bonds is 5. The van der Waals surface area contributed by atoms with Crippen molar-refractivity contribution in [3.05, 3.63) is 70.0 Å². The van der Waals surface area contributed by atoms with Crippen molar-refractivity contribution in [2.75, 3.05) is 13.1 Å². The lowest BCUT2D eigenvalue weighted by molar-refractivity contribution is -0.126. The molecular weight excluding hydrogens is 351 g/mol. The van der Waals surface area contributed by atoms with Crippen LogP contribution < -0.4 is 5.32 Å². The van der Waals surface area contributed by atoms with Crippen molar-refractivity contribution in [3.63, 3.8) is 0 Å². The summed E-state index contributed by atoms with van der Waals surface area (Å²) in [4.78, 5) is 14.6. The Bertz CT molecular complexity index is 743. The van der Waals surface area contributed by atoms with E-state index in [2.05, 4.69) is 10.2 Å². The van der Waals surface area contributed by atoms with Crippen molar-refractivity contribution in [1.29, 1.82) is 0 Å². The topological polar surface area (TPSA) is 32.3 Å². The lowest BCUT2D eigenvalue weighted by Gasteiger charge is -2.32. The smallest absolute Gasteiger partial charge is 0.224 e. The average molecular weight is 375 g/mol. The zero-order chi connectivity index (χ0) is 18.5. The number of carbonyl (C=O) groups excluding carboxylic acids is 1. The number of nitrogens with zero attached hydrogens (tertiary/aromatic N) is 1. The Morgan fingerprint density at radius 3 is 2.77 bits per heavy atom. The molecule has 138 valence electrons. The molecule has 1 saturated heterocycles. The van der Waals surface area contributed by atoms with Gasteiger partial charge in [-0.3, -0.25) is 9.69 Å². The number of carbonyl (C=O) groups is 1. The predicted octanol–water partition coefficient (Wildman–Crippen LogP) is 4.32. The third-order valence-corrected chi connectivity index (χ3v) is 5.26. The third-order valence-electron chi connectivity index (χ3n) is 4.91. The lowest BCUT2D eigenvalue weighted by Crippen LogP contribution is -2.42. The third kappa shape index (κ3) is 4.83. The van der Waals surface area contributed by atoms with Crippen molar-refractivity contribution in [2.45, 2.75) is 32.9 Å². The Balaban J connectivity index is 1.55. The minimum absolute atomic E-state index is 0.0647. The first-order valence-electron chi connectivity index (χ1n) is 9.01. The molecule has 26 heavy (non-hydrogen) atoms. The van der Waals surface area contributed by atoms with Gasteiger partial charge in [0.2, 0.25) is 5.91 Å². The van der Waals surface area contributed by atoms with E-state index in [0.29, 0.717) is 30.2 Å². The van der Waals surface area contributed by atoms with Crippen molar-refractivity contribution in [1.82, 2.24) is 10.2 Å². The van der Waals surface area contributed by atoms with Crippen LogP contribution in [0.4, 0.5) is 4.39 Å². The summed E-state index contributed by atoms with van der Waals surface area (Å²) in [5.41, 5.74) is 2.81. The van der Waals surface area contributed by atoms with E-state index < -0.39 is 0 Å². The second-order valence-corrected chi connectivity index (χ2v) is 7.39. The fraction of sp³-hybridized carbons (Fsp3) is 0.381. The summed E-state index contributed by atoms with van der Waals surface area (Å²) in [6, 6.07) is 12.9. The number of halogens is 2. The number of hydrogen-bond donors (Lipinski definition) is 1. The van der Waals surface area contributed by atoms with Crippen LogP contribution in [-0.4, -0.2) is 23.9 Å². The molecule has 1 aliphatic rings. The second-order valence-electron chi connectivity index (χ2n) is 6.98. The Morgan fingerprint density at radius 1 is 1.27 bits per heavy atom. The van der Waals surface area contributed by atoms with E-state index in [1.807, 2.05) is 31.2 Å². The van der Waals surface area contributed by atoms with Gasteiger partial charge in [-0.15, -0.1) is 0 Å². The summed E-state index contributed by atoms with van der Waals surface area (Å²) in [7, 11) is 0. The summed E-state index contributed by atoms with van der Waals surface area (Å²) in [5, 5.41) is 3.47. The molecule has 3 nitrogen and oxygen atoms in total. The number of nitrogens with one attached hydrogen (secondary N) is 1. The van der Waals surface area contributed by atoms with Crippen molar-refractivity contribution < 1.29 is 9.18 Å². The molecule has 1 fully saturated rings. The van der Waals surface area contributed by atoms with Gasteiger partial charge in [-0.1, -0.05) is 47.5 Å². The Morgan fingerprint density at radius 2 is 2.04 bits per heavy atom. The number of hydrogen-bond acceptors (Lipinski definition) is 2. The first kappa shape index (κ1) is 18.9. The van der Waals surface area contributed by atoms with Crippen molar-refractivity contribution in [2.24, 2.45) is 5.92 Å². The quantitative estimate of drug-likeness (QED) is 0.845. The Kier molecular flexibility index (Phi) is 6.28. The second kappa shape index (κ2) is 8.65. The molecular formula is C21H24ClFN2O. The van der Waals surface area contributed by atoms with Crippen molar-refractivity contribution in [3.8, 4) is 0 Å². The van der Waals surface area contributed by atoms with E-state index in [0.717, 1.165) is 24.9 Å². The molecule has 2 aromatic carbocycles. The van der Waals surface area contributed by atoms with Crippen LogP contribution in [-0.2, 0) is 17.9 Å². The van der Waals surface area contributed by atoms with Crippen LogP contribution in [0, 0.1) is 18.7 Å². The zero-order valence-corrected chi connectivity index (χ0v) is 15.7. The van der Waals surface area contributed by atoms with Gasteiger partial charge >= 0.3 is 0 Å².